The first-order chi connectivity index (χ1) is 9.04. The first-order valence-corrected chi connectivity index (χ1v) is 6.31. The standard InChI is InChI=1S/C15H19N3O/c1-10(2)19-13-6-4-12(5-7-13)18-15-9-8-14(16)11(3)17-15/h4-10H,16H2,1-3H3,(H,17,18). The van der Waals surface area contributed by atoms with Gasteiger partial charge in [-0.05, 0) is 57.2 Å². The lowest BCUT2D eigenvalue weighted by molar-refractivity contribution is 0.242. The molecule has 0 spiro atoms. The number of hydrogen-bond donors (Lipinski definition) is 2. The molecule has 3 N–H and O–H groups in total. The molecule has 2 rings (SSSR count). The van der Waals surface area contributed by atoms with Crippen LogP contribution in [0.4, 0.5) is 17.2 Å². The molecule has 0 radical (unpaired) electrons. The zero-order valence-electron chi connectivity index (χ0n) is 11.5. The molecule has 1 aromatic heterocycles. The second-order valence-corrected chi connectivity index (χ2v) is 4.69. The Hall–Kier alpha value is -2.23. The Balaban J connectivity index is 2.08. The fraction of sp³-hybridized carbons (Fsp3) is 0.267. The van der Waals surface area contributed by atoms with Crippen molar-refractivity contribution in [2.75, 3.05) is 11.1 Å². The van der Waals surface area contributed by atoms with Gasteiger partial charge in [-0.2, -0.15) is 0 Å². The van der Waals surface area contributed by atoms with Crippen LogP contribution in [0.1, 0.15) is 19.5 Å². The topological polar surface area (TPSA) is 60.2 Å². The van der Waals surface area contributed by atoms with Crippen molar-refractivity contribution in [2.24, 2.45) is 0 Å². The second kappa shape index (κ2) is 5.61. The number of hydrogen-bond acceptors (Lipinski definition) is 4. The number of rotatable bonds is 4. The number of anilines is 3. The van der Waals surface area contributed by atoms with Crippen molar-refractivity contribution in [3.05, 3.63) is 42.1 Å². The first-order valence-electron chi connectivity index (χ1n) is 6.31. The van der Waals surface area contributed by atoms with Gasteiger partial charge in [0.05, 0.1) is 17.5 Å². The summed E-state index contributed by atoms with van der Waals surface area (Å²) >= 11 is 0. The maximum Gasteiger partial charge on any atom is 0.130 e. The van der Waals surface area contributed by atoms with Gasteiger partial charge >= 0.3 is 0 Å². The van der Waals surface area contributed by atoms with Gasteiger partial charge in [-0.15, -0.1) is 0 Å². The van der Waals surface area contributed by atoms with Crippen molar-refractivity contribution in [3.8, 4) is 5.75 Å². The largest absolute Gasteiger partial charge is 0.491 e. The van der Waals surface area contributed by atoms with E-state index in [0.29, 0.717) is 5.69 Å². The van der Waals surface area contributed by atoms with E-state index in [1.54, 1.807) is 0 Å². The fourth-order valence-electron chi connectivity index (χ4n) is 1.68. The van der Waals surface area contributed by atoms with Crippen LogP contribution in [0.5, 0.6) is 5.75 Å². The van der Waals surface area contributed by atoms with Gasteiger partial charge in [-0.25, -0.2) is 4.98 Å². The van der Waals surface area contributed by atoms with Crippen LogP contribution in [0.2, 0.25) is 0 Å². The Morgan fingerprint density at radius 3 is 2.37 bits per heavy atom. The van der Waals surface area contributed by atoms with Gasteiger partial charge in [0.25, 0.3) is 0 Å². The number of benzene rings is 1. The summed E-state index contributed by atoms with van der Waals surface area (Å²) in [5.74, 6) is 1.64. The summed E-state index contributed by atoms with van der Waals surface area (Å²) in [5, 5.41) is 3.23. The molecular weight excluding hydrogens is 238 g/mol. The van der Waals surface area contributed by atoms with Gasteiger partial charge < -0.3 is 15.8 Å². The minimum Gasteiger partial charge on any atom is -0.491 e. The summed E-state index contributed by atoms with van der Waals surface area (Å²) in [6, 6.07) is 11.5. The van der Waals surface area contributed by atoms with E-state index in [4.69, 9.17) is 10.5 Å². The molecule has 0 aliphatic carbocycles. The Kier molecular flexibility index (Phi) is 3.90. The van der Waals surface area contributed by atoms with Gasteiger partial charge in [-0.3, -0.25) is 0 Å². The molecule has 0 saturated heterocycles. The number of nitrogens with zero attached hydrogens (tertiary/aromatic N) is 1. The molecule has 0 saturated carbocycles. The van der Waals surface area contributed by atoms with E-state index >= 15 is 0 Å². The van der Waals surface area contributed by atoms with Crippen molar-refractivity contribution < 1.29 is 4.74 Å². The van der Waals surface area contributed by atoms with Crippen LogP contribution < -0.4 is 15.8 Å². The SMILES string of the molecule is Cc1nc(Nc2ccc(OC(C)C)cc2)ccc1N. The van der Waals surface area contributed by atoms with Gasteiger partial charge in [0.1, 0.15) is 11.6 Å². The summed E-state index contributed by atoms with van der Waals surface area (Å²) in [7, 11) is 0. The average Bonchev–Trinajstić information content (AvgIpc) is 2.36. The second-order valence-electron chi connectivity index (χ2n) is 4.69. The molecule has 0 atom stereocenters. The van der Waals surface area contributed by atoms with Crippen molar-refractivity contribution in [1.29, 1.82) is 0 Å². The third kappa shape index (κ3) is 3.61. The Morgan fingerprint density at radius 1 is 1.11 bits per heavy atom. The third-order valence-corrected chi connectivity index (χ3v) is 2.63. The van der Waals surface area contributed by atoms with Gasteiger partial charge in [0, 0.05) is 5.69 Å². The van der Waals surface area contributed by atoms with Crippen LogP contribution in [-0.4, -0.2) is 11.1 Å². The van der Waals surface area contributed by atoms with Crippen LogP contribution in [-0.2, 0) is 0 Å². The summed E-state index contributed by atoms with van der Waals surface area (Å²) < 4.78 is 5.59. The molecule has 19 heavy (non-hydrogen) atoms. The Bertz CT molecular complexity index is 550. The average molecular weight is 257 g/mol. The van der Waals surface area contributed by atoms with E-state index in [2.05, 4.69) is 10.3 Å². The van der Waals surface area contributed by atoms with Gasteiger partial charge in [0.2, 0.25) is 0 Å². The molecular formula is C15H19N3O. The number of aryl methyl sites for hydroxylation is 1. The molecule has 0 amide bonds. The van der Waals surface area contributed by atoms with E-state index in [1.807, 2.05) is 57.2 Å². The maximum atomic E-state index is 5.74. The molecule has 4 heteroatoms. The Labute approximate surface area is 113 Å². The van der Waals surface area contributed by atoms with Crippen molar-refractivity contribution in [1.82, 2.24) is 4.98 Å². The van der Waals surface area contributed by atoms with E-state index in [-0.39, 0.29) is 6.10 Å². The van der Waals surface area contributed by atoms with Crippen LogP contribution in [0.15, 0.2) is 36.4 Å². The smallest absolute Gasteiger partial charge is 0.130 e. The predicted molar refractivity (Wildman–Crippen MR) is 78.9 cm³/mol. The van der Waals surface area contributed by atoms with Gasteiger partial charge in [0.15, 0.2) is 0 Å². The van der Waals surface area contributed by atoms with Crippen LogP contribution in [0.25, 0.3) is 0 Å². The summed E-state index contributed by atoms with van der Waals surface area (Å²) in [6.07, 6.45) is 0.181. The van der Waals surface area contributed by atoms with E-state index in [9.17, 15) is 0 Å². The highest BCUT2D eigenvalue weighted by molar-refractivity contribution is 5.59. The van der Waals surface area contributed by atoms with Gasteiger partial charge in [-0.1, -0.05) is 0 Å². The lowest BCUT2D eigenvalue weighted by Crippen LogP contribution is -2.05. The number of nitrogens with two attached hydrogens (primary N) is 1. The maximum absolute atomic E-state index is 5.74. The van der Waals surface area contributed by atoms with Crippen molar-refractivity contribution in [2.45, 2.75) is 26.9 Å². The van der Waals surface area contributed by atoms with Crippen molar-refractivity contribution >= 4 is 17.2 Å². The molecule has 0 unspecified atom stereocenters. The zero-order chi connectivity index (χ0) is 13.8. The number of nitrogens with one attached hydrogen (secondary N) is 1. The third-order valence-electron chi connectivity index (χ3n) is 2.63. The minimum atomic E-state index is 0.181. The molecule has 0 aliphatic heterocycles. The normalized spacial score (nSPS) is 10.5. The molecule has 4 nitrogen and oxygen atoms in total. The lowest BCUT2D eigenvalue weighted by Gasteiger charge is -2.11. The summed E-state index contributed by atoms with van der Waals surface area (Å²) in [5.41, 5.74) is 8.23. The van der Waals surface area contributed by atoms with Crippen molar-refractivity contribution in [3.63, 3.8) is 0 Å². The molecule has 100 valence electrons. The molecule has 0 aliphatic rings. The number of nitrogen functional groups attached to an aromatic ring is 1. The summed E-state index contributed by atoms with van der Waals surface area (Å²) in [4.78, 5) is 4.37. The Morgan fingerprint density at radius 2 is 1.79 bits per heavy atom. The molecule has 1 aromatic carbocycles. The highest BCUT2D eigenvalue weighted by Crippen LogP contribution is 2.21. The number of aromatic nitrogens is 1. The highest BCUT2D eigenvalue weighted by Gasteiger charge is 2.01. The fourth-order valence-corrected chi connectivity index (χ4v) is 1.68. The van der Waals surface area contributed by atoms with Crippen LogP contribution >= 0.6 is 0 Å². The van der Waals surface area contributed by atoms with E-state index < -0.39 is 0 Å². The minimum absolute atomic E-state index is 0.181. The van der Waals surface area contributed by atoms with Crippen LogP contribution in [0, 0.1) is 6.92 Å². The quantitative estimate of drug-likeness (QED) is 0.880. The van der Waals surface area contributed by atoms with E-state index in [1.165, 1.54) is 0 Å². The lowest BCUT2D eigenvalue weighted by atomic mass is 10.3. The molecule has 0 bridgehead atoms. The zero-order valence-corrected chi connectivity index (χ0v) is 11.5. The predicted octanol–water partition coefficient (Wildman–Crippen LogP) is 3.50. The first kappa shape index (κ1) is 13.2. The monoisotopic (exact) mass is 257 g/mol. The summed E-state index contributed by atoms with van der Waals surface area (Å²) in [6.45, 7) is 5.90. The molecule has 0 fully saturated rings. The molecule has 2 aromatic rings. The van der Waals surface area contributed by atoms with Crippen LogP contribution in [0.3, 0.4) is 0 Å². The molecule has 1 heterocycles. The number of pyridine rings is 1. The van der Waals surface area contributed by atoms with E-state index in [0.717, 1.165) is 22.9 Å². The highest BCUT2D eigenvalue weighted by atomic mass is 16.5. The number of ether oxygens (including phenoxy) is 1.